The highest BCUT2D eigenvalue weighted by molar-refractivity contribution is 5.77. The summed E-state index contributed by atoms with van der Waals surface area (Å²) >= 11 is 0. The predicted octanol–water partition coefficient (Wildman–Crippen LogP) is 1.94. The van der Waals surface area contributed by atoms with Crippen molar-refractivity contribution >= 4 is 5.91 Å². The van der Waals surface area contributed by atoms with Crippen molar-refractivity contribution in [3.63, 3.8) is 0 Å². The average Bonchev–Trinajstić information content (AvgIpc) is 2.57. The molecule has 2 atom stereocenters. The molecule has 1 aliphatic heterocycles. The van der Waals surface area contributed by atoms with Crippen LogP contribution in [0.2, 0.25) is 0 Å². The number of nitriles is 1. The number of ether oxygens (including phenoxy) is 2. The van der Waals surface area contributed by atoms with E-state index in [0.29, 0.717) is 17.9 Å². The van der Waals surface area contributed by atoms with E-state index in [1.165, 1.54) is 0 Å². The minimum absolute atomic E-state index is 0.106. The zero-order chi connectivity index (χ0) is 18.4. The quantitative estimate of drug-likeness (QED) is 0.853. The number of carbonyl (C=O) groups excluding carboxylic acids is 1. The van der Waals surface area contributed by atoms with E-state index in [0.717, 1.165) is 13.1 Å². The van der Waals surface area contributed by atoms with Gasteiger partial charge >= 0.3 is 0 Å². The number of amides is 1. The molecule has 2 unspecified atom stereocenters. The topological polar surface area (TPSA) is 74.6 Å². The second-order valence-corrected chi connectivity index (χ2v) is 7.15. The summed E-state index contributed by atoms with van der Waals surface area (Å²) in [6, 6.07) is 8.94. The molecule has 0 aliphatic carbocycles. The Kier molecular flexibility index (Phi) is 6.40. The van der Waals surface area contributed by atoms with Gasteiger partial charge in [-0.05, 0) is 39.8 Å². The second-order valence-electron chi connectivity index (χ2n) is 7.15. The Bertz CT molecular complexity index is 629. The highest BCUT2D eigenvalue weighted by atomic mass is 16.5. The van der Waals surface area contributed by atoms with Gasteiger partial charge in [-0.2, -0.15) is 5.26 Å². The number of hydrogen-bond donors (Lipinski definition) is 1. The lowest BCUT2D eigenvalue weighted by Gasteiger charge is -2.45. The zero-order valence-corrected chi connectivity index (χ0v) is 15.4. The molecule has 1 aromatic rings. The molecule has 25 heavy (non-hydrogen) atoms. The van der Waals surface area contributed by atoms with E-state index < -0.39 is 0 Å². The number of morpholine rings is 1. The third-order valence-corrected chi connectivity index (χ3v) is 4.36. The first kappa shape index (κ1) is 19.2. The van der Waals surface area contributed by atoms with Crippen molar-refractivity contribution in [3.05, 3.63) is 29.8 Å². The molecule has 1 saturated heterocycles. The van der Waals surface area contributed by atoms with Gasteiger partial charge in [-0.3, -0.25) is 9.69 Å². The molecule has 0 bridgehead atoms. The number of nitrogens with zero attached hydrogens (tertiary/aromatic N) is 2. The monoisotopic (exact) mass is 345 g/mol. The van der Waals surface area contributed by atoms with Crippen molar-refractivity contribution in [1.29, 1.82) is 5.26 Å². The second kappa shape index (κ2) is 8.32. The summed E-state index contributed by atoms with van der Waals surface area (Å²) in [6.07, 6.45) is 0.370. The lowest BCUT2D eigenvalue weighted by molar-refractivity contribution is -0.124. The van der Waals surface area contributed by atoms with Gasteiger partial charge in [0.1, 0.15) is 11.8 Å². The fourth-order valence-electron chi connectivity index (χ4n) is 2.98. The Labute approximate surface area is 149 Å². The molecule has 6 nitrogen and oxygen atoms in total. The van der Waals surface area contributed by atoms with Gasteiger partial charge in [0.05, 0.1) is 17.8 Å². The summed E-state index contributed by atoms with van der Waals surface area (Å²) in [7, 11) is 0. The van der Waals surface area contributed by atoms with Crippen molar-refractivity contribution in [2.45, 2.75) is 45.4 Å². The van der Waals surface area contributed by atoms with Crippen LogP contribution in [0.5, 0.6) is 5.75 Å². The highest BCUT2D eigenvalue weighted by Gasteiger charge is 2.33. The standard InChI is InChI=1S/C19H27N3O3/c1-14-10-22(11-15(2)25-14)19(3,4)13-21-18(23)12-24-17-8-6-5-7-16(17)9-20/h5-8,14-15H,10-13H2,1-4H3,(H,21,23). The van der Waals surface area contributed by atoms with Crippen molar-refractivity contribution in [2.75, 3.05) is 26.2 Å². The van der Waals surface area contributed by atoms with E-state index in [4.69, 9.17) is 14.7 Å². The van der Waals surface area contributed by atoms with Crippen LogP contribution >= 0.6 is 0 Å². The SMILES string of the molecule is CC1CN(C(C)(C)CNC(=O)COc2ccccc2C#N)CC(C)O1. The number of nitrogens with one attached hydrogen (secondary N) is 1. The molecule has 0 saturated carbocycles. The minimum Gasteiger partial charge on any atom is -0.482 e. The molecule has 6 heteroatoms. The van der Waals surface area contributed by atoms with Crippen LogP contribution in [0.25, 0.3) is 0 Å². The van der Waals surface area contributed by atoms with Crippen LogP contribution in [0.1, 0.15) is 33.3 Å². The Morgan fingerprint density at radius 3 is 2.64 bits per heavy atom. The smallest absolute Gasteiger partial charge is 0.258 e. The fourth-order valence-corrected chi connectivity index (χ4v) is 2.98. The first-order chi connectivity index (χ1) is 11.8. The molecular weight excluding hydrogens is 318 g/mol. The van der Waals surface area contributed by atoms with Gasteiger partial charge < -0.3 is 14.8 Å². The van der Waals surface area contributed by atoms with E-state index in [2.05, 4.69) is 44.0 Å². The third kappa shape index (κ3) is 5.45. The van der Waals surface area contributed by atoms with E-state index in [1.807, 2.05) is 0 Å². The van der Waals surface area contributed by atoms with Gasteiger partial charge in [0.25, 0.3) is 5.91 Å². The lowest BCUT2D eigenvalue weighted by atomic mass is 10.00. The number of hydrogen-bond acceptors (Lipinski definition) is 5. The largest absolute Gasteiger partial charge is 0.482 e. The van der Waals surface area contributed by atoms with Crippen molar-refractivity contribution in [2.24, 2.45) is 0 Å². The van der Waals surface area contributed by atoms with Gasteiger partial charge in [0.2, 0.25) is 0 Å². The maximum atomic E-state index is 12.1. The number of carbonyl (C=O) groups is 1. The number of benzene rings is 1. The fraction of sp³-hybridized carbons (Fsp3) is 0.579. The van der Waals surface area contributed by atoms with Crippen LogP contribution in [0.15, 0.2) is 24.3 Å². The zero-order valence-electron chi connectivity index (χ0n) is 15.4. The molecule has 1 amide bonds. The Hall–Kier alpha value is -2.10. The van der Waals surface area contributed by atoms with E-state index >= 15 is 0 Å². The Morgan fingerprint density at radius 1 is 1.36 bits per heavy atom. The Balaban J connectivity index is 1.83. The maximum Gasteiger partial charge on any atom is 0.258 e. The molecule has 0 radical (unpaired) electrons. The molecule has 1 aromatic carbocycles. The van der Waals surface area contributed by atoms with Crippen molar-refractivity contribution in [1.82, 2.24) is 10.2 Å². The van der Waals surface area contributed by atoms with E-state index in [1.54, 1.807) is 24.3 Å². The summed E-state index contributed by atoms with van der Waals surface area (Å²) in [5, 5.41) is 12.0. The summed E-state index contributed by atoms with van der Waals surface area (Å²) < 4.78 is 11.2. The van der Waals surface area contributed by atoms with Crippen LogP contribution in [0.4, 0.5) is 0 Å². The van der Waals surface area contributed by atoms with Gasteiger partial charge in [0.15, 0.2) is 6.61 Å². The molecule has 1 aliphatic rings. The first-order valence-corrected chi connectivity index (χ1v) is 8.61. The van der Waals surface area contributed by atoms with E-state index in [9.17, 15) is 4.79 Å². The van der Waals surface area contributed by atoms with Crippen LogP contribution in [-0.2, 0) is 9.53 Å². The summed E-state index contributed by atoms with van der Waals surface area (Å²) in [6.45, 7) is 10.5. The highest BCUT2D eigenvalue weighted by Crippen LogP contribution is 2.21. The van der Waals surface area contributed by atoms with Gasteiger partial charge in [0, 0.05) is 25.2 Å². The lowest BCUT2D eigenvalue weighted by Crippen LogP contribution is -2.58. The predicted molar refractivity (Wildman–Crippen MR) is 95.3 cm³/mol. The normalized spacial score (nSPS) is 21.4. The van der Waals surface area contributed by atoms with Gasteiger partial charge in [-0.25, -0.2) is 0 Å². The minimum atomic E-state index is -0.199. The number of rotatable bonds is 6. The molecule has 1 fully saturated rings. The molecule has 0 spiro atoms. The van der Waals surface area contributed by atoms with Crippen LogP contribution < -0.4 is 10.1 Å². The molecule has 1 heterocycles. The average molecular weight is 345 g/mol. The van der Waals surface area contributed by atoms with Crippen molar-refractivity contribution in [3.8, 4) is 11.8 Å². The maximum absolute atomic E-state index is 12.1. The first-order valence-electron chi connectivity index (χ1n) is 8.61. The number of para-hydroxylation sites is 1. The molecule has 0 aromatic heterocycles. The Morgan fingerprint density at radius 2 is 2.00 bits per heavy atom. The molecule has 2 rings (SSSR count). The van der Waals surface area contributed by atoms with Crippen LogP contribution in [0.3, 0.4) is 0 Å². The molecule has 136 valence electrons. The molecular formula is C19H27N3O3. The summed E-state index contributed by atoms with van der Waals surface area (Å²) in [4.78, 5) is 14.5. The van der Waals surface area contributed by atoms with Gasteiger partial charge in [-0.15, -0.1) is 0 Å². The summed E-state index contributed by atoms with van der Waals surface area (Å²) in [5.74, 6) is 0.227. The van der Waals surface area contributed by atoms with Crippen LogP contribution in [0, 0.1) is 11.3 Å². The van der Waals surface area contributed by atoms with Gasteiger partial charge in [-0.1, -0.05) is 12.1 Å². The van der Waals surface area contributed by atoms with Crippen molar-refractivity contribution < 1.29 is 14.3 Å². The molecule has 1 N–H and O–H groups in total. The summed E-state index contributed by atoms with van der Waals surface area (Å²) in [5.41, 5.74) is 0.249. The third-order valence-electron chi connectivity index (χ3n) is 4.36. The van der Waals surface area contributed by atoms with E-state index in [-0.39, 0.29) is 30.3 Å². The van der Waals surface area contributed by atoms with Crippen LogP contribution in [-0.4, -0.2) is 54.8 Å².